The Morgan fingerprint density at radius 3 is 2.92 bits per heavy atom. The molecular weight excluding hydrogens is 192 g/mol. The van der Waals surface area contributed by atoms with Crippen LogP contribution in [0.2, 0.25) is 5.15 Å². The number of rotatable bonds is 1. The number of hydrogen-bond acceptors (Lipinski definition) is 4. The predicted octanol–water partition coefficient (Wildman–Crippen LogP) is 0.0618. The smallest absolute Gasteiger partial charge is 0.252 e. The zero-order valence-electron chi connectivity index (χ0n) is 6.40. The lowest BCUT2D eigenvalue weighted by Crippen LogP contribution is -2.12. The van der Waals surface area contributed by atoms with Crippen molar-refractivity contribution >= 4 is 23.2 Å². The fourth-order valence-corrected chi connectivity index (χ4v) is 1.20. The number of amidine groups is 1. The van der Waals surface area contributed by atoms with Crippen molar-refractivity contribution in [1.82, 2.24) is 19.6 Å². The maximum atomic E-state index is 7.17. The number of nitrogens with one attached hydrogen (secondary N) is 1. The van der Waals surface area contributed by atoms with Crippen LogP contribution < -0.4 is 5.73 Å². The summed E-state index contributed by atoms with van der Waals surface area (Å²) >= 11 is 5.83. The van der Waals surface area contributed by atoms with Crippen molar-refractivity contribution in [3.05, 3.63) is 23.2 Å². The van der Waals surface area contributed by atoms with E-state index in [0.717, 1.165) is 0 Å². The lowest BCUT2D eigenvalue weighted by molar-refractivity contribution is 0.902. The van der Waals surface area contributed by atoms with E-state index >= 15 is 0 Å². The molecule has 0 unspecified atom stereocenters. The minimum Gasteiger partial charge on any atom is -0.382 e. The predicted molar refractivity (Wildman–Crippen MR) is 46.8 cm³/mol. The summed E-state index contributed by atoms with van der Waals surface area (Å²) in [5, 5.41) is 11.3. The number of nitrogen functional groups attached to an aromatic ring is 1. The fraction of sp³-hybridized carbons (Fsp3) is 0. The van der Waals surface area contributed by atoms with E-state index in [1.165, 1.54) is 16.9 Å². The van der Waals surface area contributed by atoms with E-state index in [1.54, 1.807) is 0 Å². The van der Waals surface area contributed by atoms with Gasteiger partial charge in [-0.15, -0.1) is 0 Å². The van der Waals surface area contributed by atoms with Crippen molar-refractivity contribution in [2.24, 2.45) is 5.73 Å². The Bertz CT molecular complexity index is 475. The summed E-state index contributed by atoms with van der Waals surface area (Å²) in [5.41, 5.74) is 5.45. The summed E-state index contributed by atoms with van der Waals surface area (Å²) in [7, 11) is 0. The standard InChI is InChI=1S/C6H5ClN6/c7-4-3(5(8)9)12-6-10-1-2-11-13(4)6/h1-2H,(H3,8,9). The van der Waals surface area contributed by atoms with Gasteiger partial charge in [-0.1, -0.05) is 11.6 Å². The van der Waals surface area contributed by atoms with Gasteiger partial charge in [0.2, 0.25) is 0 Å². The van der Waals surface area contributed by atoms with Gasteiger partial charge < -0.3 is 5.73 Å². The summed E-state index contributed by atoms with van der Waals surface area (Å²) in [6.45, 7) is 0. The number of aromatic nitrogens is 4. The molecule has 13 heavy (non-hydrogen) atoms. The number of nitrogens with zero attached hydrogens (tertiary/aromatic N) is 4. The van der Waals surface area contributed by atoms with Gasteiger partial charge in [0, 0.05) is 0 Å². The summed E-state index contributed by atoms with van der Waals surface area (Å²) in [6.07, 6.45) is 2.97. The van der Waals surface area contributed by atoms with Crippen LogP contribution in [-0.4, -0.2) is 25.4 Å². The van der Waals surface area contributed by atoms with Gasteiger partial charge >= 0.3 is 0 Å². The van der Waals surface area contributed by atoms with Gasteiger partial charge in [-0.05, 0) is 0 Å². The molecule has 0 spiro atoms. The highest BCUT2D eigenvalue weighted by Crippen LogP contribution is 2.14. The fourth-order valence-electron chi connectivity index (χ4n) is 0.935. The van der Waals surface area contributed by atoms with Crippen molar-refractivity contribution < 1.29 is 0 Å². The van der Waals surface area contributed by atoms with E-state index in [2.05, 4.69) is 15.1 Å². The molecule has 66 valence electrons. The topological polar surface area (TPSA) is 93.0 Å². The largest absolute Gasteiger partial charge is 0.382 e. The Hall–Kier alpha value is -1.69. The maximum absolute atomic E-state index is 7.17. The van der Waals surface area contributed by atoms with Crippen LogP contribution in [0.1, 0.15) is 5.69 Å². The van der Waals surface area contributed by atoms with E-state index in [9.17, 15) is 0 Å². The van der Waals surface area contributed by atoms with Crippen LogP contribution in [0.4, 0.5) is 0 Å². The van der Waals surface area contributed by atoms with Crippen molar-refractivity contribution in [1.29, 1.82) is 5.41 Å². The van der Waals surface area contributed by atoms with Crippen LogP contribution >= 0.6 is 11.6 Å². The first-order valence-corrected chi connectivity index (χ1v) is 3.77. The highest BCUT2D eigenvalue weighted by Gasteiger charge is 2.13. The second-order valence-corrected chi connectivity index (χ2v) is 2.68. The van der Waals surface area contributed by atoms with E-state index in [4.69, 9.17) is 22.7 Å². The third-order valence-corrected chi connectivity index (χ3v) is 1.82. The van der Waals surface area contributed by atoms with E-state index in [1.807, 2.05) is 0 Å². The molecule has 0 aliphatic carbocycles. The second-order valence-electron chi connectivity index (χ2n) is 2.32. The van der Waals surface area contributed by atoms with E-state index in [-0.39, 0.29) is 16.7 Å². The first-order valence-electron chi connectivity index (χ1n) is 3.40. The third kappa shape index (κ3) is 1.11. The molecule has 0 aliphatic heterocycles. The molecule has 3 N–H and O–H groups in total. The van der Waals surface area contributed by atoms with Crippen LogP contribution in [0, 0.1) is 5.41 Å². The average molecular weight is 197 g/mol. The summed E-state index contributed by atoms with van der Waals surface area (Å²) < 4.78 is 1.32. The minimum atomic E-state index is -0.197. The normalized spacial score (nSPS) is 10.5. The Balaban J connectivity index is 2.81. The second kappa shape index (κ2) is 2.67. The number of halogens is 1. The van der Waals surface area contributed by atoms with Crippen LogP contribution in [0.5, 0.6) is 0 Å². The molecule has 0 fully saturated rings. The molecule has 0 aliphatic rings. The monoisotopic (exact) mass is 196 g/mol. The SMILES string of the molecule is N=C(N)c1nc2nccnn2c1Cl. The Morgan fingerprint density at radius 1 is 1.54 bits per heavy atom. The molecule has 2 heterocycles. The summed E-state index contributed by atoms with van der Waals surface area (Å²) in [5.74, 6) is 0.134. The maximum Gasteiger partial charge on any atom is 0.252 e. The molecule has 7 heteroatoms. The van der Waals surface area contributed by atoms with Crippen LogP contribution in [0.25, 0.3) is 5.78 Å². The van der Waals surface area contributed by atoms with Gasteiger partial charge in [0.1, 0.15) is 11.5 Å². The highest BCUT2D eigenvalue weighted by atomic mass is 35.5. The van der Waals surface area contributed by atoms with Crippen molar-refractivity contribution in [2.45, 2.75) is 0 Å². The van der Waals surface area contributed by atoms with Gasteiger partial charge in [0.15, 0.2) is 5.15 Å². The molecule has 6 nitrogen and oxygen atoms in total. The summed E-state index contributed by atoms with van der Waals surface area (Å²) in [4.78, 5) is 7.82. The molecule has 2 aromatic rings. The average Bonchev–Trinajstić information content (AvgIpc) is 2.45. The number of hydrogen-bond donors (Lipinski definition) is 2. The zero-order chi connectivity index (χ0) is 9.42. The lowest BCUT2D eigenvalue weighted by Gasteiger charge is -1.90. The molecule has 0 radical (unpaired) electrons. The minimum absolute atomic E-state index is 0.197. The summed E-state index contributed by atoms with van der Waals surface area (Å²) in [6, 6.07) is 0. The quantitative estimate of drug-likeness (QED) is 0.498. The number of fused-ring (bicyclic) bond motifs is 1. The molecule has 2 aromatic heterocycles. The van der Waals surface area contributed by atoms with E-state index < -0.39 is 0 Å². The zero-order valence-corrected chi connectivity index (χ0v) is 7.15. The first kappa shape index (κ1) is 7.93. The van der Waals surface area contributed by atoms with Gasteiger partial charge in [-0.3, -0.25) is 5.41 Å². The Labute approximate surface area is 77.9 Å². The molecule has 0 saturated heterocycles. The molecule has 0 amide bonds. The van der Waals surface area contributed by atoms with Gasteiger partial charge in [-0.2, -0.15) is 9.61 Å². The van der Waals surface area contributed by atoms with Gasteiger partial charge in [-0.25, -0.2) is 9.97 Å². The number of nitrogens with two attached hydrogens (primary N) is 1. The van der Waals surface area contributed by atoms with Crippen LogP contribution in [0.3, 0.4) is 0 Å². The van der Waals surface area contributed by atoms with Crippen LogP contribution in [-0.2, 0) is 0 Å². The Kier molecular flexibility index (Phi) is 1.63. The van der Waals surface area contributed by atoms with Gasteiger partial charge in [0.05, 0.1) is 12.4 Å². The highest BCUT2D eigenvalue weighted by molar-refractivity contribution is 6.32. The molecule has 0 atom stereocenters. The lowest BCUT2D eigenvalue weighted by atomic mass is 10.4. The molecule has 2 rings (SSSR count). The first-order chi connectivity index (χ1) is 6.20. The van der Waals surface area contributed by atoms with Crippen molar-refractivity contribution in [3.8, 4) is 0 Å². The van der Waals surface area contributed by atoms with Crippen molar-refractivity contribution in [2.75, 3.05) is 0 Å². The molecule has 0 aromatic carbocycles. The Morgan fingerprint density at radius 2 is 2.31 bits per heavy atom. The van der Waals surface area contributed by atoms with E-state index in [0.29, 0.717) is 5.78 Å². The number of imidazole rings is 1. The van der Waals surface area contributed by atoms with Crippen molar-refractivity contribution in [3.63, 3.8) is 0 Å². The molecule has 0 bridgehead atoms. The third-order valence-electron chi connectivity index (χ3n) is 1.48. The van der Waals surface area contributed by atoms with Gasteiger partial charge in [0.25, 0.3) is 5.78 Å². The molecular formula is C6H5ClN6. The van der Waals surface area contributed by atoms with Crippen LogP contribution in [0.15, 0.2) is 12.4 Å². The molecule has 0 saturated carbocycles.